The molecule has 0 unspecified atom stereocenters. The van der Waals surface area contributed by atoms with E-state index in [4.69, 9.17) is 4.74 Å². The summed E-state index contributed by atoms with van der Waals surface area (Å²) >= 11 is 0. The summed E-state index contributed by atoms with van der Waals surface area (Å²) in [5, 5.41) is 0. The van der Waals surface area contributed by atoms with Crippen LogP contribution in [0.4, 0.5) is 4.79 Å². The molecule has 2 amide bonds. The Morgan fingerprint density at radius 2 is 1.69 bits per heavy atom. The molecule has 0 aromatic carbocycles. The summed E-state index contributed by atoms with van der Waals surface area (Å²) < 4.78 is 7.32. The van der Waals surface area contributed by atoms with Crippen molar-refractivity contribution in [1.29, 1.82) is 0 Å². The van der Waals surface area contributed by atoms with Gasteiger partial charge in [0.2, 0.25) is 5.95 Å². The van der Waals surface area contributed by atoms with Gasteiger partial charge in [-0.2, -0.15) is 0 Å². The molecule has 9 nitrogen and oxygen atoms in total. The second-order valence-corrected chi connectivity index (χ2v) is 9.48. The number of aryl methyl sites for hydroxylation is 1. The quantitative estimate of drug-likeness (QED) is 0.709. The first-order chi connectivity index (χ1) is 15.3. The lowest BCUT2D eigenvalue weighted by Crippen LogP contribution is -2.50. The van der Waals surface area contributed by atoms with Crippen LogP contribution in [0.1, 0.15) is 69.6 Å². The lowest BCUT2D eigenvalue weighted by Gasteiger charge is -2.39. The monoisotopic (exact) mass is 440 g/mol. The molecule has 0 spiro atoms. The fourth-order valence-electron chi connectivity index (χ4n) is 4.12. The van der Waals surface area contributed by atoms with E-state index in [-0.39, 0.29) is 24.1 Å². The summed E-state index contributed by atoms with van der Waals surface area (Å²) in [5.74, 6) is 1.36. The molecule has 32 heavy (non-hydrogen) atoms. The molecular weight excluding hydrogens is 408 g/mol. The molecule has 2 aromatic heterocycles. The molecule has 2 fully saturated rings. The van der Waals surface area contributed by atoms with Gasteiger partial charge in [0.15, 0.2) is 0 Å². The highest BCUT2D eigenvalue weighted by Crippen LogP contribution is 2.33. The van der Waals surface area contributed by atoms with Crippen molar-refractivity contribution in [2.45, 2.75) is 77.5 Å². The van der Waals surface area contributed by atoms with E-state index in [0.29, 0.717) is 24.6 Å². The first-order valence-electron chi connectivity index (χ1n) is 11.4. The predicted octanol–water partition coefficient (Wildman–Crippen LogP) is 3.23. The predicted molar refractivity (Wildman–Crippen MR) is 119 cm³/mol. The molecule has 1 aliphatic heterocycles. The van der Waals surface area contributed by atoms with Gasteiger partial charge < -0.3 is 14.5 Å². The van der Waals surface area contributed by atoms with Crippen molar-refractivity contribution in [2.24, 2.45) is 0 Å². The third kappa shape index (κ3) is 4.92. The summed E-state index contributed by atoms with van der Waals surface area (Å²) in [7, 11) is 0. The van der Waals surface area contributed by atoms with E-state index in [1.165, 1.54) is 0 Å². The van der Waals surface area contributed by atoms with Crippen molar-refractivity contribution >= 4 is 12.0 Å². The number of rotatable bonds is 5. The number of piperidine rings is 1. The molecular formula is C23H32N6O3. The van der Waals surface area contributed by atoms with Crippen molar-refractivity contribution in [3.05, 3.63) is 36.2 Å². The van der Waals surface area contributed by atoms with Crippen LogP contribution in [-0.2, 0) is 11.2 Å². The highest BCUT2D eigenvalue weighted by atomic mass is 16.6. The van der Waals surface area contributed by atoms with Gasteiger partial charge >= 0.3 is 6.09 Å². The van der Waals surface area contributed by atoms with Gasteiger partial charge in [-0.3, -0.25) is 9.36 Å². The molecule has 0 atom stereocenters. The molecule has 1 saturated heterocycles. The van der Waals surface area contributed by atoms with Crippen molar-refractivity contribution in [1.82, 2.24) is 29.3 Å². The Bertz CT molecular complexity index is 953. The first-order valence-corrected chi connectivity index (χ1v) is 11.4. The molecule has 4 rings (SSSR count). The van der Waals surface area contributed by atoms with Gasteiger partial charge in [0, 0.05) is 56.4 Å². The first kappa shape index (κ1) is 22.2. The van der Waals surface area contributed by atoms with Gasteiger partial charge in [0.05, 0.1) is 5.56 Å². The molecule has 0 radical (unpaired) electrons. The molecule has 2 aliphatic rings. The van der Waals surface area contributed by atoms with Crippen LogP contribution in [0.3, 0.4) is 0 Å². The molecule has 0 N–H and O–H groups in total. The maximum Gasteiger partial charge on any atom is 0.410 e. The topological polar surface area (TPSA) is 93.5 Å². The van der Waals surface area contributed by atoms with Gasteiger partial charge in [-0.05, 0) is 46.5 Å². The lowest BCUT2D eigenvalue weighted by atomic mass is 10.0. The molecule has 9 heteroatoms. The van der Waals surface area contributed by atoms with Crippen LogP contribution in [0.2, 0.25) is 0 Å². The zero-order valence-electron chi connectivity index (χ0n) is 19.3. The summed E-state index contributed by atoms with van der Waals surface area (Å²) in [4.78, 5) is 42.6. The lowest BCUT2D eigenvalue weighted by molar-refractivity contribution is 0.0142. The largest absolute Gasteiger partial charge is 0.444 e. The van der Waals surface area contributed by atoms with E-state index >= 15 is 0 Å². The van der Waals surface area contributed by atoms with Crippen molar-refractivity contribution < 1.29 is 14.3 Å². The van der Waals surface area contributed by atoms with E-state index in [9.17, 15) is 9.59 Å². The average molecular weight is 441 g/mol. The number of carbonyl (C=O) groups excluding carboxylic acids is 2. The van der Waals surface area contributed by atoms with E-state index in [2.05, 4.69) is 15.0 Å². The Morgan fingerprint density at radius 1 is 1.06 bits per heavy atom. The van der Waals surface area contributed by atoms with Crippen LogP contribution in [0.5, 0.6) is 0 Å². The summed E-state index contributed by atoms with van der Waals surface area (Å²) in [5.41, 5.74) is -0.0153. The minimum atomic E-state index is -0.509. The average Bonchev–Trinajstić information content (AvgIpc) is 3.48. The maximum atomic E-state index is 13.4. The van der Waals surface area contributed by atoms with Crippen molar-refractivity contribution in [3.63, 3.8) is 0 Å². The Hall–Kier alpha value is -2.97. The zero-order valence-corrected chi connectivity index (χ0v) is 19.3. The van der Waals surface area contributed by atoms with Gasteiger partial charge in [-0.1, -0.05) is 6.92 Å². The second-order valence-electron chi connectivity index (χ2n) is 9.48. The SMILES string of the molecule is CCc1nccn1-c1ncc(C(=O)N(C2CC2)C2CCN(C(=O)OC(C)(C)C)CC2)cn1. The van der Waals surface area contributed by atoms with E-state index in [0.717, 1.165) is 37.9 Å². The van der Waals surface area contributed by atoms with Crippen molar-refractivity contribution in [3.8, 4) is 5.95 Å². The normalized spacial score (nSPS) is 17.3. The van der Waals surface area contributed by atoms with Crippen molar-refractivity contribution in [2.75, 3.05) is 13.1 Å². The number of likely N-dealkylation sites (tertiary alicyclic amines) is 1. The van der Waals surface area contributed by atoms with Crippen LogP contribution in [0.15, 0.2) is 24.8 Å². The molecule has 1 aliphatic carbocycles. The van der Waals surface area contributed by atoms with Gasteiger partial charge in [-0.25, -0.2) is 19.7 Å². The van der Waals surface area contributed by atoms with E-state index in [1.807, 2.05) is 43.4 Å². The number of hydrogen-bond donors (Lipinski definition) is 0. The number of carbonyl (C=O) groups is 2. The number of nitrogens with zero attached hydrogens (tertiary/aromatic N) is 6. The highest BCUT2D eigenvalue weighted by Gasteiger charge is 2.40. The molecule has 0 bridgehead atoms. The van der Waals surface area contributed by atoms with Gasteiger partial charge in [0.25, 0.3) is 5.91 Å². The molecule has 172 valence electrons. The minimum Gasteiger partial charge on any atom is -0.444 e. The number of imidazole rings is 1. The Labute approximate surface area is 188 Å². The zero-order chi connectivity index (χ0) is 22.9. The number of aromatic nitrogens is 4. The summed E-state index contributed by atoms with van der Waals surface area (Å²) in [6.07, 6.45) is 10.8. The van der Waals surface area contributed by atoms with Gasteiger partial charge in [-0.15, -0.1) is 0 Å². The Morgan fingerprint density at radius 3 is 2.25 bits per heavy atom. The number of amides is 2. The number of hydrogen-bond acceptors (Lipinski definition) is 6. The van der Waals surface area contributed by atoms with Gasteiger partial charge in [0.1, 0.15) is 11.4 Å². The minimum absolute atomic E-state index is 0.0314. The maximum absolute atomic E-state index is 13.4. The Balaban J connectivity index is 1.42. The van der Waals surface area contributed by atoms with E-state index in [1.54, 1.807) is 23.5 Å². The summed E-state index contributed by atoms with van der Waals surface area (Å²) in [6.45, 7) is 8.81. The van der Waals surface area contributed by atoms with E-state index < -0.39 is 5.60 Å². The smallest absolute Gasteiger partial charge is 0.410 e. The third-order valence-electron chi connectivity index (χ3n) is 5.82. The van der Waals surface area contributed by atoms with Crippen LogP contribution in [0, 0.1) is 0 Å². The summed E-state index contributed by atoms with van der Waals surface area (Å²) in [6, 6.07) is 0.370. The Kier molecular flexibility index (Phi) is 6.17. The molecule has 3 heterocycles. The standard InChI is InChI=1S/C23H32N6O3/c1-5-19-24-10-13-28(19)21-25-14-16(15-26-21)20(30)29(17-6-7-17)18-8-11-27(12-9-18)22(31)32-23(2,3)4/h10,13-15,17-18H,5-9,11-12H2,1-4H3. The molecule has 1 saturated carbocycles. The number of ether oxygens (including phenoxy) is 1. The van der Waals surface area contributed by atoms with Crippen LogP contribution < -0.4 is 0 Å². The highest BCUT2D eigenvalue weighted by molar-refractivity contribution is 5.94. The van der Waals surface area contributed by atoms with Crippen LogP contribution in [0.25, 0.3) is 5.95 Å². The fourth-order valence-corrected chi connectivity index (χ4v) is 4.12. The van der Waals surface area contributed by atoms with Crippen LogP contribution >= 0.6 is 0 Å². The van der Waals surface area contributed by atoms with Crippen LogP contribution in [-0.4, -0.2) is 72.1 Å². The second kappa shape index (κ2) is 8.88. The molecule has 2 aromatic rings. The fraction of sp³-hybridized carbons (Fsp3) is 0.609. The third-order valence-corrected chi connectivity index (χ3v) is 5.82.